The van der Waals surface area contributed by atoms with Crippen molar-refractivity contribution in [1.82, 2.24) is 19.3 Å². The molecule has 3 aromatic heterocycles. The van der Waals surface area contributed by atoms with Crippen LogP contribution in [-0.2, 0) is 39.7 Å². The van der Waals surface area contributed by atoms with Crippen LogP contribution < -0.4 is 4.74 Å². The number of fused-ring (bicyclic) bond motifs is 3. The zero-order chi connectivity index (χ0) is 38.2. The molecule has 0 atom stereocenters. The van der Waals surface area contributed by atoms with E-state index in [2.05, 4.69) is 110 Å². The predicted octanol–water partition coefficient (Wildman–Crippen LogP) is 13.5. The first kappa shape index (κ1) is 39.3. The zero-order valence-electron chi connectivity index (χ0n) is 33.9. The van der Waals surface area contributed by atoms with Gasteiger partial charge in [-0.1, -0.05) is 95.1 Å². The Kier molecular flexibility index (Phi) is 11.8. The average molecular weight is 845 g/mol. The molecule has 7 aromatic rings. The molecule has 5 nitrogen and oxygen atoms in total. The monoisotopic (exact) mass is 844 g/mol. The summed E-state index contributed by atoms with van der Waals surface area (Å²) in [4.78, 5) is 4.77. The Hall–Kier alpha value is -4.50. The first-order valence-corrected chi connectivity index (χ1v) is 21.4. The minimum atomic E-state index is 0. The topological polar surface area (TPSA) is 44.9 Å². The van der Waals surface area contributed by atoms with Gasteiger partial charge in [-0.25, -0.2) is 4.98 Å². The molecule has 0 radical (unpaired) electrons. The summed E-state index contributed by atoms with van der Waals surface area (Å²) in [5.41, 5.74) is 14.2. The number of hydrogen-bond donors (Lipinski definition) is 0. The maximum atomic E-state index is 6.70. The van der Waals surface area contributed by atoms with Gasteiger partial charge >= 0.3 is 20.4 Å². The molecule has 2 aliphatic carbocycles. The van der Waals surface area contributed by atoms with Crippen molar-refractivity contribution >= 4 is 21.8 Å². The summed E-state index contributed by atoms with van der Waals surface area (Å²) in [5.74, 6) is 3.11. The number of hydrogen-bond acceptors (Lipinski definition) is 3. The second kappa shape index (κ2) is 17.2. The molecular formula is C51H54N4OPd. The Morgan fingerprint density at radius 3 is 2.09 bits per heavy atom. The molecule has 57 heavy (non-hydrogen) atoms. The van der Waals surface area contributed by atoms with Crippen molar-refractivity contribution in [3.05, 3.63) is 131 Å². The number of benzene rings is 4. The Labute approximate surface area is 352 Å². The van der Waals surface area contributed by atoms with Crippen molar-refractivity contribution in [1.29, 1.82) is 0 Å². The van der Waals surface area contributed by atoms with E-state index >= 15 is 0 Å². The minimum Gasteiger partial charge on any atom is -0.509 e. The number of pyridine rings is 1. The SMILES string of the molecule is CCc1cc(CC)c(-c2c(C3CCCCC3)nn(-c3[c-]c(Oc4[c-]c5c(cc4)c4ccccc4n5-c4cc(C)ccn4)ccc3)c2C2CCCCC2)c(CC)c1.[Pd+2]. The third-order valence-corrected chi connectivity index (χ3v) is 12.6. The van der Waals surface area contributed by atoms with E-state index in [1.54, 1.807) is 0 Å². The number of aryl methyl sites for hydroxylation is 4. The van der Waals surface area contributed by atoms with Crippen molar-refractivity contribution in [2.75, 3.05) is 0 Å². The normalized spacial score (nSPS) is 15.3. The summed E-state index contributed by atoms with van der Waals surface area (Å²) in [6.07, 6.45) is 17.5. The largest absolute Gasteiger partial charge is 2.00 e. The quantitative estimate of drug-likeness (QED) is 0.102. The second-order valence-corrected chi connectivity index (χ2v) is 16.2. The van der Waals surface area contributed by atoms with E-state index < -0.39 is 0 Å². The van der Waals surface area contributed by atoms with E-state index in [0.29, 0.717) is 23.3 Å². The van der Waals surface area contributed by atoms with Crippen LogP contribution in [0.1, 0.15) is 130 Å². The molecule has 4 aromatic carbocycles. The third-order valence-electron chi connectivity index (χ3n) is 12.6. The molecule has 2 saturated carbocycles. The van der Waals surface area contributed by atoms with Gasteiger partial charge in [0, 0.05) is 40.6 Å². The summed E-state index contributed by atoms with van der Waals surface area (Å²) >= 11 is 0. The fourth-order valence-electron chi connectivity index (χ4n) is 9.78. The standard InChI is InChI=1S/C51H54N4O.Pd/c1-5-35-30-36(6-2)48(37(7-3)31-35)49-50(38-17-10-8-11-18-38)53-55(51(49)39-19-12-9-13-20-39)40-21-16-22-41(32-40)56-42-25-26-44-43-23-14-15-24-45(43)54(46(44)33-42)47-29-34(4)27-28-52-47;/h14-16,21-31,38-39H,5-13,17-20H2,1-4H3;/q-2;+2. The first-order chi connectivity index (χ1) is 27.5. The summed E-state index contributed by atoms with van der Waals surface area (Å²) in [6.45, 7) is 9.06. The Morgan fingerprint density at radius 1 is 0.684 bits per heavy atom. The minimum absolute atomic E-state index is 0. The number of ether oxygens (including phenoxy) is 1. The van der Waals surface area contributed by atoms with E-state index in [-0.39, 0.29) is 20.4 Å². The van der Waals surface area contributed by atoms with Gasteiger partial charge in [0.05, 0.1) is 11.4 Å². The van der Waals surface area contributed by atoms with Gasteiger partial charge in [-0.05, 0) is 109 Å². The maximum Gasteiger partial charge on any atom is 2.00 e. The molecule has 0 spiro atoms. The van der Waals surface area contributed by atoms with Crippen LogP contribution in [-0.4, -0.2) is 19.3 Å². The van der Waals surface area contributed by atoms with Gasteiger partial charge in [0.1, 0.15) is 5.82 Å². The fourth-order valence-corrected chi connectivity index (χ4v) is 9.78. The Balaban J connectivity index is 0.00000455. The van der Waals surface area contributed by atoms with Gasteiger partial charge in [0.15, 0.2) is 0 Å². The van der Waals surface area contributed by atoms with Crippen LogP contribution in [0, 0.1) is 19.1 Å². The maximum absolute atomic E-state index is 6.70. The number of rotatable bonds is 10. The van der Waals surface area contributed by atoms with Crippen LogP contribution in [0.2, 0.25) is 0 Å². The van der Waals surface area contributed by atoms with Gasteiger partial charge < -0.3 is 9.30 Å². The van der Waals surface area contributed by atoms with E-state index in [0.717, 1.165) is 52.8 Å². The van der Waals surface area contributed by atoms with Crippen molar-refractivity contribution in [3.8, 4) is 34.1 Å². The molecule has 6 heteroatoms. The van der Waals surface area contributed by atoms with Crippen molar-refractivity contribution < 1.29 is 25.2 Å². The smallest absolute Gasteiger partial charge is 0.509 e. The Morgan fingerprint density at radius 2 is 1.39 bits per heavy atom. The summed E-state index contributed by atoms with van der Waals surface area (Å²) in [6, 6.07) is 35.5. The van der Waals surface area contributed by atoms with Crippen molar-refractivity contribution in [2.45, 2.75) is 123 Å². The van der Waals surface area contributed by atoms with Crippen LogP contribution in [0.3, 0.4) is 0 Å². The van der Waals surface area contributed by atoms with Crippen LogP contribution in [0.25, 0.3) is 44.4 Å². The second-order valence-electron chi connectivity index (χ2n) is 16.2. The zero-order valence-corrected chi connectivity index (χ0v) is 35.5. The molecule has 294 valence electrons. The van der Waals surface area contributed by atoms with Gasteiger partial charge in [-0.3, -0.25) is 4.68 Å². The molecule has 0 aliphatic heterocycles. The van der Waals surface area contributed by atoms with Crippen molar-refractivity contribution in [3.63, 3.8) is 0 Å². The van der Waals surface area contributed by atoms with Crippen LogP contribution in [0.5, 0.6) is 11.5 Å². The van der Waals surface area contributed by atoms with Crippen LogP contribution in [0.4, 0.5) is 0 Å². The molecule has 0 amide bonds. The average Bonchev–Trinajstić information content (AvgIpc) is 3.80. The van der Waals surface area contributed by atoms with Gasteiger partial charge in [-0.2, -0.15) is 17.2 Å². The fraction of sp³-hybridized carbons (Fsp3) is 0.373. The Bertz CT molecular complexity index is 2490. The van der Waals surface area contributed by atoms with E-state index in [1.807, 2.05) is 24.4 Å². The van der Waals surface area contributed by atoms with Crippen LogP contribution >= 0.6 is 0 Å². The third kappa shape index (κ3) is 7.53. The molecule has 0 N–H and O–H groups in total. The molecule has 2 aliphatic rings. The van der Waals surface area contributed by atoms with E-state index in [9.17, 15) is 0 Å². The summed E-state index contributed by atoms with van der Waals surface area (Å²) in [5, 5.41) is 8.02. The molecule has 3 heterocycles. The summed E-state index contributed by atoms with van der Waals surface area (Å²) in [7, 11) is 0. The van der Waals surface area contributed by atoms with Gasteiger partial charge in [0.25, 0.3) is 0 Å². The first-order valence-electron chi connectivity index (χ1n) is 21.4. The van der Waals surface area contributed by atoms with Gasteiger partial charge in [-0.15, -0.1) is 35.7 Å². The molecule has 9 rings (SSSR count). The molecule has 0 unspecified atom stereocenters. The molecule has 0 bridgehead atoms. The number of para-hydroxylation sites is 1. The van der Waals surface area contributed by atoms with Crippen LogP contribution in [0.15, 0.2) is 85.1 Å². The number of nitrogens with zero attached hydrogens (tertiary/aromatic N) is 4. The predicted molar refractivity (Wildman–Crippen MR) is 230 cm³/mol. The van der Waals surface area contributed by atoms with E-state index in [1.165, 1.54) is 109 Å². The summed E-state index contributed by atoms with van der Waals surface area (Å²) < 4.78 is 11.2. The van der Waals surface area contributed by atoms with Crippen molar-refractivity contribution in [2.24, 2.45) is 0 Å². The number of aromatic nitrogens is 4. The molecule has 2 fully saturated rings. The van der Waals surface area contributed by atoms with E-state index in [4.69, 9.17) is 14.8 Å². The van der Waals surface area contributed by atoms with Gasteiger partial charge in [0.2, 0.25) is 0 Å². The molecule has 0 saturated heterocycles. The molecular weight excluding hydrogens is 791 g/mol.